The van der Waals surface area contributed by atoms with Crippen molar-refractivity contribution in [2.75, 3.05) is 19.0 Å². The summed E-state index contributed by atoms with van der Waals surface area (Å²) in [6, 6.07) is -0.995. The van der Waals surface area contributed by atoms with Gasteiger partial charge in [0.2, 0.25) is 0 Å². The Kier molecular flexibility index (Phi) is 6.52. The predicted octanol–water partition coefficient (Wildman–Crippen LogP) is -2.28. The van der Waals surface area contributed by atoms with E-state index >= 15 is 0 Å². The minimum atomic E-state index is -1.64. The SMILES string of the molecule is O=NN(CCCl)C(=O)N[C@H]1O[C@@H](CO)[C@@H](O)[C@@H](O)[C@@H]1O. The summed E-state index contributed by atoms with van der Waals surface area (Å²) in [7, 11) is 0. The maximum Gasteiger partial charge on any atom is 0.342 e. The van der Waals surface area contributed by atoms with Gasteiger partial charge in [0.1, 0.15) is 24.4 Å². The Labute approximate surface area is 118 Å². The monoisotopic (exact) mass is 313 g/mol. The van der Waals surface area contributed by atoms with Crippen LogP contribution in [-0.2, 0) is 4.74 Å². The molecule has 1 saturated heterocycles. The average molecular weight is 314 g/mol. The van der Waals surface area contributed by atoms with Crippen molar-refractivity contribution in [2.24, 2.45) is 5.29 Å². The fourth-order valence-corrected chi connectivity index (χ4v) is 1.84. The third-order valence-corrected chi connectivity index (χ3v) is 2.96. The number of ether oxygens (including phenoxy) is 1. The molecule has 1 fully saturated rings. The van der Waals surface area contributed by atoms with Gasteiger partial charge >= 0.3 is 6.03 Å². The van der Waals surface area contributed by atoms with Crippen LogP contribution in [0.4, 0.5) is 4.79 Å². The Morgan fingerprint density at radius 3 is 2.45 bits per heavy atom. The Hall–Kier alpha value is -1.04. The molecule has 11 heteroatoms. The number of alkyl halides is 1. The number of nitroso groups, excluding NO2 is 1. The van der Waals surface area contributed by atoms with Crippen molar-refractivity contribution in [1.82, 2.24) is 10.3 Å². The number of halogens is 1. The van der Waals surface area contributed by atoms with Gasteiger partial charge in [-0.2, -0.15) is 5.01 Å². The minimum Gasteiger partial charge on any atom is -0.394 e. The number of aliphatic hydroxyl groups is 4. The number of aliphatic hydroxyl groups excluding tert-OH is 4. The second-order valence-electron chi connectivity index (χ2n) is 4.09. The molecule has 0 aromatic carbocycles. The van der Waals surface area contributed by atoms with Gasteiger partial charge in [-0.1, -0.05) is 0 Å². The number of nitrogens with zero attached hydrogens (tertiary/aromatic N) is 2. The zero-order chi connectivity index (χ0) is 15.3. The van der Waals surface area contributed by atoms with E-state index in [9.17, 15) is 25.0 Å². The Bertz CT molecular complexity index is 346. The first kappa shape index (κ1) is 17.0. The van der Waals surface area contributed by atoms with Gasteiger partial charge in [-0.05, 0) is 0 Å². The molecule has 1 rings (SSSR count). The normalized spacial score (nSPS) is 33.5. The third-order valence-electron chi connectivity index (χ3n) is 2.79. The highest BCUT2D eigenvalue weighted by Crippen LogP contribution is 2.19. The van der Waals surface area contributed by atoms with Crippen LogP contribution in [0, 0.1) is 4.91 Å². The molecule has 0 aliphatic carbocycles. The van der Waals surface area contributed by atoms with Crippen LogP contribution in [0.15, 0.2) is 5.29 Å². The zero-order valence-corrected chi connectivity index (χ0v) is 11.0. The molecule has 5 atom stereocenters. The van der Waals surface area contributed by atoms with Crippen molar-refractivity contribution in [1.29, 1.82) is 0 Å². The molecule has 5 N–H and O–H groups in total. The van der Waals surface area contributed by atoms with Crippen molar-refractivity contribution >= 4 is 17.6 Å². The Morgan fingerprint density at radius 1 is 1.30 bits per heavy atom. The summed E-state index contributed by atoms with van der Waals surface area (Å²) in [5.74, 6) is -0.0339. The first-order valence-corrected chi connectivity index (χ1v) is 6.27. The fourth-order valence-electron chi connectivity index (χ4n) is 1.68. The molecule has 2 amide bonds. The van der Waals surface area contributed by atoms with E-state index in [1.807, 2.05) is 0 Å². The molecule has 10 nitrogen and oxygen atoms in total. The van der Waals surface area contributed by atoms with Crippen LogP contribution < -0.4 is 5.32 Å². The number of carbonyl (C=O) groups excluding carboxylic acids is 1. The van der Waals surface area contributed by atoms with Gasteiger partial charge in [-0.3, -0.25) is 0 Å². The lowest BCUT2D eigenvalue weighted by atomic mass is 9.98. The van der Waals surface area contributed by atoms with Crippen LogP contribution in [0.25, 0.3) is 0 Å². The molecule has 0 aromatic rings. The van der Waals surface area contributed by atoms with Crippen LogP contribution in [0.1, 0.15) is 0 Å². The van der Waals surface area contributed by atoms with Crippen LogP contribution in [0.3, 0.4) is 0 Å². The summed E-state index contributed by atoms with van der Waals surface area (Å²) >= 11 is 5.37. The van der Waals surface area contributed by atoms with E-state index in [2.05, 4.69) is 10.6 Å². The number of hydrogen-bond donors (Lipinski definition) is 5. The van der Waals surface area contributed by atoms with Gasteiger partial charge in [-0.25, -0.2) is 4.79 Å². The van der Waals surface area contributed by atoms with Gasteiger partial charge in [-0.15, -0.1) is 16.5 Å². The van der Waals surface area contributed by atoms with E-state index in [0.29, 0.717) is 5.01 Å². The summed E-state index contributed by atoms with van der Waals surface area (Å²) in [5, 5.41) is 42.7. The quantitative estimate of drug-likeness (QED) is 0.218. The van der Waals surface area contributed by atoms with Gasteiger partial charge in [0.05, 0.1) is 18.4 Å². The average Bonchev–Trinajstić information content (AvgIpc) is 2.45. The van der Waals surface area contributed by atoms with E-state index in [1.165, 1.54) is 0 Å². The standard InChI is InChI=1S/C9H16ClN3O7/c10-1-2-13(12-19)9(18)11-8-7(17)6(16)5(15)4(3-14)20-8/h4-8,14-17H,1-3H2,(H,11,18)/t4-,5+,6+,7-,8-/m0/s1. The van der Waals surface area contributed by atoms with E-state index in [0.717, 1.165) is 0 Å². The van der Waals surface area contributed by atoms with Gasteiger partial charge in [0.15, 0.2) is 6.23 Å². The highest BCUT2D eigenvalue weighted by Gasteiger charge is 2.44. The van der Waals surface area contributed by atoms with Crippen LogP contribution >= 0.6 is 11.6 Å². The number of hydrogen-bond acceptors (Lipinski definition) is 8. The maximum atomic E-state index is 11.6. The molecular formula is C9H16ClN3O7. The van der Waals surface area contributed by atoms with Crippen molar-refractivity contribution < 1.29 is 30.0 Å². The number of nitrogens with one attached hydrogen (secondary N) is 1. The Morgan fingerprint density at radius 2 is 1.95 bits per heavy atom. The molecule has 0 aromatic heterocycles. The minimum absolute atomic E-state index is 0.0339. The second-order valence-corrected chi connectivity index (χ2v) is 4.47. The molecule has 1 heterocycles. The van der Waals surface area contributed by atoms with Crippen LogP contribution in [0.5, 0.6) is 0 Å². The number of carbonyl (C=O) groups is 1. The lowest BCUT2D eigenvalue weighted by Crippen LogP contribution is -2.64. The summed E-state index contributed by atoms with van der Waals surface area (Å²) < 4.78 is 5.03. The largest absolute Gasteiger partial charge is 0.394 e. The number of amides is 2. The van der Waals surface area contributed by atoms with Crippen molar-refractivity contribution in [3.05, 3.63) is 4.91 Å². The molecule has 1 aliphatic heterocycles. The van der Waals surface area contributed by atoms with Gasteiger partial charge in [0.25, 0.3) is 0 Å². The van der Waals surface area contributed by atoms with Crippen molar-refractivity contribution in [3.63, 3.8) is 0 Å². The van der Waals surface area contributed by atoms with Crippen LogP contribution in [0.2, 0.25) is 0 Å². The second kappa shape index (κ2) is 7.67. The van der Waals surface area contributed by atoms with Crippen molar-refractivity contribution in [2.45, 2.75) is 30.6 Å². The molecule has 0 spiro atoms. The van der Waals surface area contributed by atoms with Crippen LogP contribution in [-0.4, -0.2) is 81.1 Å². The maximum absolute atomic E-state index is 11.6. The summed E-state index contributed by atoms with van der Waals surface area (Å²) in [6.45, 7) is -0.789. The topological polar surface area (TPSA) is 152 Å². The summed E-state index contributed by atoms with van der Waals surface area (Å²) in [6.07, 6.45) is -7.38. The highest BCUT2D eigenvalue weighted by atomic mass is 35.5. The first-order valence-electron chi connectivity index (χ1n) is 5.74. The molecule has 0 unspecified atom stereocenters. The molecule has 0 bridgehead atoms. The lowest BCUT2D eigenvalue weighted by molar-refractivity contribution is -0.233. The lowest BCUT2D eigenvalue weighted by Gasteiger charge is -2.40. The van der Waals surface area contributed by atoms with E-state index in [1.54, 1.807) is 0 Å². The Balaban J connectivity index is 2.70. The first-order chi connectivity index (χ1) is 9.46. The number of rotatable bonds is 5. The summed E-state index contributed by atoms with van der Waals surface area (Å²) in [4.78, 5) is 22.0. The smallest absolute Gasteiger partial charge is 0.342 e. The molecule has 0 saturated carbocycles. The van der Waals surface area contributed by atoms with E-state index in [-0.39, 0.29) is 12.4 Å². The molecule has 116 valence electrons. The molecular weight excluding hydrogens is 298 g/mol. The fraction of sp³-hybridized carbons (Fsp3) is 0.889. The predicted molar refractivity (Wildman–Crippen MR) is 65.5 cm³/mol. The number of urea groups is 1. The molecule has 20 heavy (non-hydrogen) atoms. The summed E-state index contributed by atoms with van der Waals surface area (Å²) in [5.41, 5.74) is 0. The van der Waals surface area contributed by atoms with E-state index < -0.39 is 43.3 Å². The highest BCUT2D eigenvalue weighted by molar-refractivity contribution is 6.18. The zero-order valence-electron chi connectivity index (χ0n) is 10.3. The van der Waals surface area contributed by atoms with Crippen molar-refractivity contribution in [3.8, 4) is 0 Å². The molecule has 1 aliphatic rings. The van der Waals surface area contributed by atoms with E-state index in [4.69, 9.17) is 21.4 Å². The third kappa shape index (κ3) is 3.75. The van der Waals surface area contributed by atoms with Gasteiger partial charge in [0, 0.05) is 5.88 Å². The molecule has 0 radical (unpaired) electrons. The van der Waals surface area contributed by atoms with Gasteiger partial charge < -0.3 is 30.5 Å².